The molecule has 0 aliphatic carbocycles. The van der Waals surface area contributed by atoms with E-state index in [0.717, 1.165) is 22.4 Å². The fourth-order valence-corrected chi connectivity index (χ4v) is 2.66. The lowest BCUT2D eigenvalue weighted by molar-refractivity contribution is 0.174. The van der Waals surface area contributed by atoms with Gasteiger partial charge in [0, 0.05) is 49.9 Å². The van der Waals surface area contributed by atoms with Crippen LogP contribution < -0.4 is 5.32 Å². The summed E-state index contributed by atoms with van der Waals surface area (Å²) in [6.07, 6.45) is 5.03. The minimum Gasteiger partial charge on any atom is -0.387 e. The number of aromatic nitrogens is 3. The molecule has 1 atom stereocenters. The van der Waals surface area contributed by atoms with Crippen LogP contribution in [0, 0.1) is 6.92 Å². The van der Waals surface area contributed by atoms with Crippen LogP contribution in [0.1, 0.15) is 22.8 Å². The number of nitrogens with zero attached hydrogens (tertiary/aromatic N) is 3. The van der Waals surface area contributed by atoms with Gasteiger partial charge in [-0.15, -0.1) is 0 Å². The number of rotatable bonds is 6. The molecule has 1 unspecified atom stereocenters. The molecule has 0 bridgehead atoms. The second kappa shape index (κ2) is 7.38. The summed E-state index contributed by atoms with van der Waals surface area (Å²) in [5.74, 6) is 0. The smallest absolute Gasteiger partial charge is 0.0983 e. The van der Waals surface area contributed by atoms with Gasteiger partial charge in [-0.3, -0.25) is 9.67 Å². The summed E-state index contributed by atoms with van der Waals surface area (Å²) in [5, 5.41) is 18.1. The Morgan fingerprint density at radius 2 is 2.00 bits per heavy atom. The van der Waals surface area contributed by atoms with Crippen LogP contribution in [0.2, 0.25) is 0 Å². The Bertz CT molecular complexity index is 781. The highest BCUT2D eigenvalue weighted by atomic mass is 16.3. The van der Waals surface area contributed by atoms with E-state index >= 15 is 0 Å². The van der Waals surface area contributed by atoms with Crippen molar-refractivity contribution in [2.75, 3.05) is 6.54 Å². The zero-order valence-corrected chi connectivity index (χ0v) is 14.0. The molecule has 2 aromatic heterocycles. The van der Waals surface area contributed by atoms with Gasteiger partial charge in [0.15, 0.2) is 0 Å². The number of aliphatic hydroxyl groups excluding tert-OH is 1. The van der Waals surface area contributed by atoms with E-state index < -0.39 is 6.10 Å². The molecular formula is C19H22N4O. The summed E-state index contributed by atoms with van der Waals surface area (Å²) in [6.45, 7) is 3.17. The van der Waals surface area contributed by atoms with Gasteiger partial charge < -0.3 is 10.4 Å². The lowest BCUT2D eigenvalue weighted by Gasteiger charge is -2.12. The second-order valence-corrected chi connectivity index (χ2v) is 5.98. The molecule has 0 aliphatic rings. The van der Waals surface area contributed by atoms with Crippen molar-refractivity contribution in [3.8, 4) is 11.3 Å². The van der Waals surface area contributed by atoms with E-state index in [4.69, 9.17) is 0 Å². The van der Waals surface area contributed by atoms with Crippen molar-refractivity contribution < 1.29 is 5.11 Å². The van der Waals surface area contributed by atoms with Crippen LogP contribution in [0.5, 0.6) is 0 Å². The molecule has 124 valence electrons. The molecule has 2 N–H and O–H groups in total. The molecule has 5 heteroatoms. The maximum absolute atomic E-state index is 10.3. The predicted molar refractivity (Wildman–Crippen MR) is 94.3 cm³/mol. The zero-order valence-electron chi connectivity index (χ0n) is 14.0. The third kappa shape index (κ3) is 3.88. The standard InChI is InChI=1S/C19H22N4O/c1-14-5-7-15(8-6-14)18(24)12-21-11-17-13-23(2)22-19(17)16-4-3-9-20-10-16/h3-10,13,18,21,24H,11-12H2,1-2H3. The molecule has 5 nitrogen and oxygen atoms in total. The first kappa shape index (κ1) is 16.4. The number of pyridine rings is 1. The van der Waals surface area contributed by atoms with Crippen molar-refractivity contribution in [3.63, 3.8) is 0 Å². The molecule has 1 aromatic carbocycles. The largest absolute Gasteiger partial charge is 0.387 e. The average Bonchev–Trinajstić information content (AvgIpc) is 2.97. The normalized spacial score (nSPS) is 12.3. The average molecular weight is 322 g/mol. The maximum atomic E-state index is 10.3. The minimum atomic E-state index is -0.524. The van der Waals surface area contributed by atoms with Gasteiger partial charge in [0.1, 0.15) is 0 Å². The van der Waals surface area contributed by atoms with Gasteiger partial charge in [0.25, 0.3) is 0 Å². The van der Waals surface area contributed by atoms with Crippen molar-refractivity contribution in [3.05, 3.63) is 71.7 Å². The number of benzene rings is 1. The van der Waals surface area contributed by atoms with E-state index in [1.807, 2.05) is 62.8 Å². The van der Waals surface area contributed by atoms with E-state index in [0.29, 0.717) is 13.1 Å². The molecule has 0 saturated heterocycles. The molecule has 3 rings (SSSR count). The molecular weight excluding hydrogens is 300 g/mol. The third-order valence-corrected chi connectivity index (χ3v) is 3.95. The fourth-order valence-electron chi connectivity index (χ4n) is 2.66. The molecule has 0 amide bonds. The Morgan fingerprint density at radius 1 is 1.21 bits per heavy atom. The first-order valence-corrected chi connectivity index (χ1v) is 8.02. The number of aliphatic hydroxyl groups is 1. The minimum absolute atomic E-state index is 0.491. The first-order valence-electron chi connectivity index (χ1n) is 8.02. The van der Waals surface area contributed by atoms with Crippen molar-refractivity contribution in [2.45, 2.75) is 19.6 Å². The number of nitrogens with one attached hydrogen (secondary N) is 1. The summed E-state index contributed by atoms with van der Waals surface area (Å²) in [6, 6.07) is 11.9. The highest BCUT2D eigenvalue weighted by Gasteiger charge is 2.11. The summed E-state index contributed by atoms with van der Waals surface area (Å²) in [5.41, 5.74) is 5.11. The lowest BCUT2D eigenvalue weighted by Crippen LogP contribution is -2.21. The summed E-state index contributed by atoms with van der Waals surface area (Å²) < 4.78 is 1.80. The Hall–Kier alpha value is -2.50. The van der Waals surface area contributed by atoms with Crippen LogP contribution in [0.3, 0.4) is 0 Å². The Labute approximate surface area is 142 Å². The van der Waals surface area contributed by atoms with Crippen molar-refractivity contribution >= 4 is 0 Å². The second-order valence-electron chi connectivity index (χ2n) is 5.98. The van der Waals surface area contributed by atoms with Gasteiger partial charge in [-0.2, -0.15) is 5.10 Å². The zero-order chi connectivity index (χ0) is 16.9. The van der Waals surface area contributed by atoms with Gasteiger partial charge in [-0.05, 0) is 24.6 Å². The summed E-state index contributed by atoms with van der Waals surface area (Å²) in [7, 11) is 1.91. The molecule has 24 heavy (non-hydrogen) atoms. The SMILES string of the molecule is Cc1ccc(C(O)CNCc2cn(C)nc2-c2cccnc2)cc1. The first-order chi connectivity index (χ1) is 11.6. The van der Waals surface area contributed by atoms with Gasteiger partial charge in [-0.1, -0.05) is 29.8 Å². The number of hydrogen-bond donors (Lipinski definition) is 2. The van der Waals surface area contributed by atoms with E-state index in [2.05, 4.69) is 15.4 Å². The Morgan fingerprint density at radius 3 is 2.71 bits per heavy atom. The van der Waals surface area contributed by atoms with Gasteiger partial charge >= 0.3 is 0 Å². The van der Waals surface area contributed by atoms with Crippen molar-refractivity contribution in [2.24, 2.45) is 7.05 Å². The third-order valence-electron chi connectivity index (χ3n) is 3.95. The summed E-state index contributed by atoms with van der Waals surface area (Å²) in [4.78, 5) is 4.16. The molecule has 2 heterocycles. The van der Waals surface area contributed by atoms with E-state index in [1.165, 1.54) is 5.56 Å². The highest BCUT2D eigenvalue weighted by molar-refractivity contribution is 5.61. The van der Waals surface area contributed by atoms with Gasteiger partial charge in [0.05, 0.1) is 11.8 Å². The van der Waals surface area contributed by atoms with E-state index in [-0.39, 0.29) is 0 Å². The topological polar surface area (TPSA) is 63.0 Å². The van der Waals surface area contributed by atoms with Gasteiger partial charge in [0.2, 0.25) is 0 Å². The number of aryl methyl sites for hydroxylation is 2. The Balaban J connectivity index is 1.64. The van der Waals surface area contributed by atoms with Crippen molar-refractivity contribution in [1.82, 2.24) is 20.1 Å². The monoisotopic (exact) mass is 322 g/mol. The molecule has 0 radical (unpaired) electrons. The maximum Gasteiger partial charge on any atom is 0.0983 e. The van der Waals surface area contributed by atoms with Crippen molar-refractivity contribution in [1.29, 1.82) is 0 Å². The van der Waals surface area contributed by atoms with Crippen LogP contribution in [0.15, 0.2) is 55.0 Å². The quantitative estimate of drug-likeness (QED) is 0.732. The molecule has 0 fully saturated rings. The molecule has 0 spiro atoms. The molecule has 0 saturated carbocycles. The van der Waals surface area contributed by atoms with Crippen LogP contribution in [-0.2, 0) is 13.6 Å². The fraction of sp³-hybridized carbons (Fsp3) is 0.263. The predicted octanol–water partition coefficient (Wildman–Crippen LogP) is 2.61. The van der Waals surface area contributed by atoms with E-state index in [9.17, 15) is 5.11 Å². The van der Waals surface area contributed by atoms with Crippen LogP contribution in [0.4, 0.5) is 0 Å². The van der Waals surface area contributed by atoms with Gasteiger partial charge in [-0.25, -0.2) is 0 Å². The lowest BCUT2D eigenvalue weighted by atomic mass is 10.1. The Kier molecular flexibility index (Phi) is 5.03. The molecule has 0 aliphatic heterocycles. The highest BCUT2D eigenvalue weighted by Crippen LogP contribution is 2.21. The summed E-state index contributed by atoms with van der Waals surface area (Å²) >= 11 is 0. The van der Waals surface area contributed by atoms with E-state index in [1.54, 1.807) is 10.9 Å². The van der Waals surface area contributed by atoms with Crippen LogP contribution >= 0.6 is 0 Å². The number of hydrogen-bond acceptors (Lipinski definition) is 4. The molecule has 3 aromatic rings. The van der Waals surface area contributed by atoms with Crippen LogP contribution in [-0.4, -0.2) is 26.4 Å². The van der Waals surface area contributed by atoms with Crippen LogP contribution in [0.25, 0.3) is 11.3 Å².